The molecular formula is C16H19BrN2. The van der Waals surface area contributed by atoms with Crippen LogP contribution >= 0.6 is 15.9 Å². The molecule has 1 N–H and O–H groups in total. The molecule has 2 rings (SSSR count). The molecule has 0 aliphatic rings. The number of aryl methyl sites for hydroxylation is 1. The van der Waals surface area contributed by atoms with E-state index in [1.54, 1.807) is 0 Å². The first-order valence-corrected chi connectivity index (χ1v) is 7.20. The van der Waals surface area contributed by atoms with Crippen molar-refractivity contribution in [2.24, 2.45) is 0 Å². The van der Waals surface area contributed by atoms with Gasteiger partial charge in [-0.25, -0.2) is 4.98 Å². The maximum atomic E-state index is 4.38. The molecule has 0 aliphatic carbocycles. The monoisotopic (exact) mass is 318 g/mol. The number of halogens is 1. The molecule has 1 heterocycles. The highest BCUT2D eigenvalue weighted by Crippen LogP contribution is 2.24. The van der Waals surface area contributed by atoms with Gasteiger partial charge in [-0.2, -0.15) is 0 Å². The zero-order chi connectivity index (χ0) is 13.9. The Morgan fingerprint density at radius 1 is 1.21 bits per heavy atom. The lowest BCUT2D eigenvalue weighted by atomic mass is 9.84. The number of pyridine rings is 1. The van der Waals surface area contributed by atoms with Gasteiger partial charge in [0, 0.05) is 22.6 Å². The van der Waals surface area contributed by atoms with Gasteiger partial charge in [-0.3, -0.25) is 0 Å². The minimum Gasteiger partial charge on any atom is -0.369 e. The third-order valence-electron chi connectivity index (χ3n) is 3.31. The van der Waals surface area contributed by atoms with Gasteiger partial charge in [-0.1, -0.05) is 44.2 Å². The fourth-order valence-corrected chi connectivity index (χ4v) is 2.16. The average molecular weight is 319 g/mol. The normalized spacial score (nSPS) is 11.4. The van der Waals surface area contributed by atoms with Crippen molar-refractivity contribution < 1.29 is 0 Å². The molecule has 0 aliphatic heterocycles. The second-order valence-electron chi connectivity index (χ2n) is 5.42. The highest BCUT2D eigenvalue weighted by molar-refractivity contribution is 9.10. The van der Waals surface area contributed by atoms with Gasteiger partial charge in [-0.05, 0) is 40.0 Å². The summed E-state index contributed by atoms with van der Waals surface area (Å²) in [5.74, 6) is 0.921. The van der Waals surface area contributed by atoms with E-state index in [2.05, 4.69) is 77.3 Å². The third-order valence-corrected chi connectivity index (χ3v) is 4.14. The number of nitrogens with one attached hydrogen (secondary N) is 1. The van der Waals surface area contributed by atoms with Crippen molar-refractivity contribution in [2.75, 3.05) is 11.9 Å². The largest absolute Gasteiger partial charge is 0.369 e. The fraction of sp³-hybridized carbons (Fsp3) is 0.312. The number of rotatable bonds is 4. The van der Waals surface area contributed by atoms with Crippen molar-refractivity contribution in [2.45, 2.75) is 26.2 Å². The molecule has 0 radical (unpaired) electrons. The molecule has 3 heteroatoms. The summed E-state index contributed by atoms with van der Waals surface area (Å²) in [6.45, 7) is 7.40. The lowest BCUT2D eigenvalue weighted by Crippen LogP contribution is -2.27. The Bertz CT molecular complexity index is 550. The van der Waals surface area contributed by atoms with E-state index in [9.17, 15) is 0 Å². The van der Waals surface area contributed by atoms with Crippen molar-refractivity contribution >= 4 is 21.7 Å². The maximum absolute atomic E-state index is 4.38. The van der Waals surface area contributed by atoms with Crippen molar-refractivity contribution in [3.63, 3.8) is 0 Å². The lowest BCUT2D eigenvalue weighted by Gasteiger charge is -2.26. The second kappa shape index (κ2) is 5.74. The van der Waals surface area contributed by atoms with E-state index >= 15 is 0 Å². The van der Waals surface area contributed by atoms with Gasteiger partial charge in [0.25, 0.3) is 0 Å². The van der Waals surface area contributed by atoms with Crippen LogP contribution in [-0.4, -0.2) is 11.5 Å². The molecule has 0 fully saturated rings. The summed E-state index contributed by atoms with van der Waals surface area (Å²) in [6, 6.07) is 12.6. The van der Waals surface area contributed by atoms with Gasteiger partial charge in [-0.15, -0.1) is 0 Å². The van der Waals surface area contributed by atoms with Gasteiger partial charge in [0.2, 0.25) is 0 Å². The van der Waals surface area contributed by atoms with Crippen LogP contribution in [0.25, 0.3) is 0 Å². The lowest BCUT2D eigenvalue weighted by molar-refractivity contribution is 0.556. The molecule has 0 saturated carbocycles. The summed E-state index contributed by atoms with van der Waals surface area (Å²) in [6.07, 6.45) is 1.84. The van der Waals surface area contributed by atoms with Crippen LogP contribution in [0.4, 0.5) is 5.82 Å². The van der Waals surface area contributed by atoms with Crippen LogP contribution in [0.3, 0.4) is 0 Å². The molecular weight excluding hydrogens is 300 g/mol. The number of anilines is 1. The minimum absolute atomic E-state index is 0.0733. The minimum atomic E-state index is 0.0733. The highest BCUT2D eigenvalue weighted by Gasteiger charge is 2.20. The van der Waals surface area contributed by atoms with Crippen molar-refractivity contribution in [1.29, 1.82) is 0 Å². The first kappa shape index (κ1) is 14.1. The Morgan fingerprint density at radius 2 is 1.89 bits per heavy atom. The van der Waals surface area contributed by atoms with Crippen molar-refractivity contribution in [1.82, 2.24) is 4.98 Å². The molecule has 100 valence electrons. The van der Waals surface area contributed by atoms with Crippen LogP contribution in [0.2, 0.25) is 0 Å². The van der Waals surface area contributed by atoms with Crippen LogP contribution in [0, 0.1) is 6.92 Å². The first-order chi connectivity index (χ1) is 8.99. The second-order valence-corrected chi connectivity index (χ2v) is 6.28. The van der Waals surface area contributed by atoms with Crippen molar-refractivity contribution in [3.8, 4) is 0 Å². The molecule has 2 aromatic rings. The number of aromatic nitrogens is 1. The summed E-state index contributed by atoms with van der Waals surface area (Å²) in [5.41, 5.74) is 2.59. The zero-order valence-electron chi connectivity index (χ0n) is 11.6. The number of nitrogens with zero attached hydrogens (tertiary/aromatic N) is 1. The van der Waals surface area contributed by atoms with Crippen LogP contribution in [-0.2, 0) is 5.41 Å². The Balaban J connectivity index is 2.07. The first-order valence-electron chi connectivity index (χ1n) is 6.40. The third kappa shape index (κ3) is 3.57. The van der Waals surface area contributed by atoms with Crippen LogP contribution in [0.5, 0.6) is 0 Å². The smallest absolute Gasteiger partial charge is 0.126 e. The van der Waals surface area contributed by atoms with Crippen LogP contribution in [0.1, 0.15) is 25.0 Å². The average Bonchev–Trinajstić information content (AvgIpc) is 2.41. The van der Waals surface area contributed by atoms with Crippen molar-refractivity contribution in [3.05, 3.63) is 58.2 Å². The standard InChI is InChI=1S/C16H19BrN2/c1-12-9-15(18-10-14(12)17)19-11-16(2,3)13-7-5-4-6-8-13/h4-10H,11H2,1-3H3,(H,18,19). The van der Waals surface area contributed by atoms with Gasteiger partial charge in [0.1, 0.15) is 5.82 Å². The summed E-state index contributed by atoms with van der Waals surface area (Å²) in [5, 5.41) is 3.42. The topological polar surface area (TPSA) is 24.9 Å². The van der Waals surface area contributed by atoms with E-state index in [0.29, 0.717) is 0 Å². The maximum Gasteiger partial charge on any atom is 0.126 e. The van der Waals surface area contributed by atoms with E-state index in [1.807, 2.05) is 12.3 Å². The van der Waals surface area contributed by atoms with E-state index in [-0.39, 0.29) is 5.41 Å². The Kier molecular flexibility index (Phi) is 4.25. The quantitative estimate of drug-likeness (QED) is 0.895. The molecule has 0 saturated heterocycles. The fourth-order valence-electron chi connectivity index (χ4n) is 1.94. The van der Waals surface area contributed by atoms with E-state index in [0.717, 1.165) is 16.8 Å². The molecule has 0 bridgehead atoms. The Morgan fingerprint density at radius 3 is 2.53 bits per heavy atom. The number of benzene rings is 1. The summed E-state index contributed by atoms with van der Waals surface area (Å²) in [4.78, 5) is 4.38. The summed E-state index contributed by atoms with van der Waals surface area (Å²) in [7, 11) is 0. The molecule has 0 amide bonds. The molecule has 0 unspecified atom stereocenters. The molecule has 0 atom stereocenters. The van der Waals surface area contributed by atoms with E-state index < -0.39 is 0 Å². The van der Waals surface area contributed by atoms with Crippen LogP contribution in [0.15, 0.2) is 47.1 Å². The zero-order valence-corrected chi connectivity index (χ0v) is 13.2. The van der Waals surface area contributed by atoms with E-state index in [1.165, 1.54) is 11.1 Å². The van der Waals surface area contributed by atoms with E-state index in [4.69, 9.17) is 0 Å². The Labute approximate surface area is 123 Å². The van der Waals surface area contributed by atoms with Crippen LogP contribution < -0.4 is 5.32 Å². The van der Waals surface area contributed by atoms with Gasteiger partial charge >= 0.3 is 0 Å². The molecule has 19 heavy (non-hydrogen) atoms. The molecule has 1 aromatic carbocycles. The molecule has 1 aromatic heterocycles. The van der Waals surface area contributed by atoms with Gasteiger partial charge in [0.15, 0.2) is 0 Å². The number of hydrogen-bond acceptors (Lipinski definition) is 2. The summed E-state index contributed by atoms with van der Waals surface area (Å²) >= 11 is 3.47. The molecule has 0 spiro atoms. The Hall–Kier alpha value is -1.35. The predicted molar refractivity (Wildman–Crippen MR) is 84.6 cm³/mol. The van der Waals surface area contributed by atoms with Gasteiger partial charge < -0.3 is 5.32 Å². The van der Waals surface area contributed by atoms with Gasteiger partial charge in [0.05, 0.1) is 0 Å². The highest BCUT2D eigenvalue weighted by atomic mass is 79.9. The SMILES string of the molecule is Cc1cc(NCC(C)(C)c2ccccc2)ncc1Br. The summed E-state index contributed by atoms with van der Waals surface area (Å²) < 4.78 is 1.04. The number of hydrogen-bond donors (Lipinski definition) is 1. The molecule has 2 nitrogen and oxygen atoms in total. The predicted octanol–water partition coefficient (Wildman–Crippen LogP) is 4.54.